The highest BCUT2D eigenvalue weighted by atomic mass is 35.5. The number of carboxylic acids is 1. The molecule has 1 aromatic carbocycles. The number of ether oxygens (including phenoxy) is 1. The van der Waals surface area contributed by atoms with Crippen LogP contribution >= 0.6 is 11.6 Å². The monoisotopic (exact) mass is 268 g/mol. The number of carboxylic acid groups (broad SMARTS) is 1. The first-order valence-corrected chi connectivity index (χ1v) is 6.31. The molecule has 0 bridgehead atoms. The third-order valence-electron chi connectivity index (χ3n) is 2.58. The van der Waals surface area contributed by atoms with Crippen LogP contribution in [0, 0.1) is 0 Å². The number of aliphatic carboxylic acids is 1. The molecule has 0 amide bonds. The van der Waals surface area contributed by atoms with Crippen LogP contribution in [-0.4, -0.2) is 17.2 Å². The molecule has 0 atom stereocenters. The van der Waals surface area contributed by atoms with E-state index in [1.54, 1.807) is 18.2 Å². The van der Waals surface area contributed by atoms with Crippen LogP contribution < -0.4 is 4.74 Å². The van der Waals surface area contributed by atoms with Crippen molar-refractivity contribution in [3.05, 3.63) is 34.9 Å². The van der Waals surface area contributed by atoms with Gasteiger partial charge in [0.15, 0.2) is 0 Å². The molecule has 1 aromatic rings. The summed E-state index contributed by atoms with van der Waals surface area (Å²) < 4.78 is 5.75. The predicted molar refractivity (Wildman–Crippen MR) is 73.1 cm³/mol. The van der Waals surface area contributed by atoms with Crippen LogP contribution in [0.4, 0.5) is 0 Å². The molecule has 0 aromatic heterocycles. The second kappa shape index (κ2) is 7.07. The Morgan fingerprint density at radius 2 is 2.11 bits per heavy atom. The Morgan fingerprint density at radius 1 is 1.44 bits per heavy atom. The quantitative estimate of drug-likeness (QED) is 0.793. The number of carbonyl (C=O) groups is 1. The molecule has 0 radical (unpaired) electrons. The Hall–Kier alpha value is -1.48. The molecular weight excluding hydrogens is 252 g/mol. The number of hydrogen-bond acceptors (Lipinski definition) is 2. The van der Waals surface area contributed by atoms with Crippen LogP contribution in [0.1, 0.15) is 32.3 Å². The Kier molecular flexibility index (Phi) is 5.72. The Bertz CT molecular complexity index is 437. The van der Waals surface area contributed by atoms with Crippen LogP contribution in [0.3, 0.4) is 0 Å². The van der Waals surface area contributed by atoms with Crippen LogP contribution in [0.5, 0.6) is 5.75 Å². The van der Waals surface area contributed by atoms with Gasteiger partial charge in [0.25, 0.3) is 0 Å². The van der Waals surface area contributed by atoms with Gasteiger partial charge in [0, 0.05) is 6.08 Å². The summed E-state index contributed by atoms with van der Waals surface area (Å²) >= 11 is 6.10. The van der Waals surface area contributed by atoms with Crippen molar-refractivity contribution < 1.29 is 14.6 Å². The summed E-state index contributed by atoms with van der Waals surface area (Å²) in [6, 6.07) is 5.24. The van der Waals surface area contributed by atoms with Crippen molar-refractivity contribution in [1.29, 1.82) is 0 Å². The topological polar surface area (TPSA) is 46.5 Å². The zero-order valence-corrected chi connectivity index (χ0v) is 11.3. The molecule has 0 aliphatic heterocycles. The third-order valence-corrected chi connectivity index (χ3v) is 2.87. The zero-order valence-electron chi connectivity index (χ0n) is 10.5. The minimum Gasteiger partial charge on any atom is -0.489 e. The van der Waals surface area contributed by atoms with Crippen molar-refractivity contribution in [3.63, 3.8) is 0 Å². The van der Waals surface area contributed by atoms with Crippen molar-refractivity contribution in [2.75, 3.05) is 0 Å². The van der Waals surface area contributed by atoms with E-state index in [2.05, 4.69) is 13.8 Å². The van der Waals surface area contributed by atoms with Gasteiger partial charge in [-0.2, -0.15) is 0 Å². The summed E-state index contributed by atoms with van der Waals surface area (Å²) in [6.07, 6.45) is 4.58. The van der Waals surface area contributed by atoms with E-state index in [4.69, 9.17) is 21.4 Å². The normalized spacial score (nSPS) is 11.1. The Balaban J connectivity index is 2.82. The molecule has 3 nitrogen and oxygen atoms in total. The maximum atomic E-state index is 10.4. The SMILES string of the molecule is CCC(CC)Oc1ccc(/C=C/C(=O)O)cc1Cl. The number of hydrogen-bond donors (Lipinski definition) is 1. The molecule has 0 saturated heterocycles. The number of benzene rings is 1. The number of rotatable bonds is 6. The van der Waals surface area contributed by atoms with Gasteiger partial charge in [-0.25, -0.2) is 4.79 Å². The molecule has 98 valence electrons. The minimum atomic E-state index is -0.983. The van der Waals surface area contributed by atoms with Crippen LogP contribution in [-0.2, 0) is 4.79 Å². The first-order valence-electron chi connectivity index (χ1n) is 5.94. The highest BCUT2D eigenvalue weighted by Gasteiger charge is 2.08. The lowest BCUT2D eigenvalue weighted by atomic mass is 10.2. The lowest BCUT2D eigenvalue weighted by Crippen LogP contribution is -2.13. The van der Waals surface area contributed by atoms with Crippen LogP contribution in [0.15, 0.2) is 24.3 Å². The highest BCUT2D eigenvalue weighted by molar-refractivity contribution is 6.32. The van der Waals surface area contributed by atoms with E-state index in [1.807, 2.05) is 0 Å². The Morgan fingerprint density at radius 3 is 2.61 bits per heavy atom. The maximum absolute atomic E-state index is 10.4. The van der Waals surface area contributed by atoms with E-state index in [0.29, 0.717) is 10.8 Å². The number of halogens is 1. The summed E-state index contributed by atoms with van der Waals surface area (Å²) in [4.78, 5) is 10.4. The van der Waals surface area contributed by atoms with Crippen molar-refractivity contribution in [1.82, 2.24) is 0 Å². The summed E-state index contributed by atoms with van der Waals surface area (Å²) in [7, 11) is 0. The molecular formula is C14H17ClO3. The lowest BCUT2D eigenvalue weighted by molar-refractivity contribution is -0.131. The van der Waals surface area contributed by atoms with Gasteiger partial charge in [0.1, 0.15) is 5.75 Å². The van der Waals surface area contributed by atoms with E-state index in [9.17, 15) is 4.79 Å². The Labute approximate surface area is 112 Å². The summed E-state index contributed by atoms with van der Waals surface area (Å²) in [5, 5.41) is 9.03. The summed E-state index contributed by atoms with van der Waals surface area (Å²) in [5.41, 5.74) is 0.735. The van der Waals surface area contributed by atoms with Gasteiger partial charge in [-0.05, 0) is 36.6 Å². The average molecular weight is 269 g/mol. The molecule has 0 aliphatic carbocycles. The van der Waals surface area contributed by atoms with Gasteiger partial charge in [0.05, 0.1) is 11.1 Å². The van der Waals surface area contributed by atoms with Crippen LogP contribution in [0.2, 0.25) is 5.02 Å². The van der Waals surface area contributed by atoms with Crippen LogP contribution in [0.25, 0.3) is 6.08 Å². The molecule has 0 unspecified atom stereocenters. The van der Waals surface area contributed by atoms with E-state index in [1.165, 1.54) is 6.08 Å². The van der Waals surface area contributed by atoms with Gasteiger partial charge in [0.2, 0.25) is 0 Å². The van der Waals surface area contributed by atoms with E-state index < -0.39 is 5.97 Å². The predicted octanol–water partition coefficient (Wildman–Crippen LogP) is 4.01. The van der Waals surface area contributed by atoms with Gasteiger partial charge in [-0.1, -0.05) is 31.5 Å². The summed E-state index contributed by atoms with van der Waals surface area (Å²) in [5.74, 6) is -0.346. The van der Waals surface area contributed by atoms with Gasteiger partial charge in [-0.15, -0.1) is 0 Å². The van der Waals surface area contributed by atoms with E-state index >= 15 is 0 Å². The van der Waals surface area contributed by atoms with Crippen molar-refractivity contribution in [2.45, 2.75) is 32.8 Å². The average Bonchev–Trinajstić information content (AvgIpc) is 2.35. The highest BCUT2D eigenvalue weighted by Crippen LogP contribution is 2.27. The molecule has 1 rings (SSSR count). The molecule has 4 heteroatoms. The fourth-order valence-electron chi connectivity index (χ4n) is 1.52. The molecule has 0 saturated carbocycles. The second-order valence-electron chi connectivity index (χ2n) is 3.92. The van der Waals surface area contributed by atoms with Gasteiger partial charge >= 0.3 is 5.97 Å². The standard InChI is InChI=1S/C14H17ClO3/c1-3-11(4-2)18-13-7-5-10(9-12(13)15)6-8-14(16)17/h5-9,11H,3-4H2,1-2H3,(H,16,17)/b8-6+. The maximum Gasteiger partial charge on any atom is 0.328 e. The molecule has 18 heavy (non-hydrogen) atoms. The smallest absolute Gasteiger partial charge is 0.328 e. The summed E-state index contributed by atoms with van der Waals surface area (Å²) in [6.45, 7) is 4.12. The first kappa shape index (κ1) is 14.6. The van der Waals surface area contributed by atoms with Gasteiger partial charge < -0.3 is 9.84 Å². The van der Waals surface area contributed by atoms with E-state index in [-0.39, 0.29) is 6.10 Å². The van der Waals surface area contributed by atoms with Crippen molar-refractivity contribution >= 4 is 23.6 Å². The first-order chi connectivity index (χ1) is 8.56. The largest absolute Gasteiger partial charge is 0.489 e. The lowest BCUT2D eigenvalue weighted by Gasteiger charge is -2.16. The molecule has 0 spiro atoms. The molecule has 1 N–H and O–H groups in total. The molecule has 0 fully saturated rings. The van der Waals surface area contributed by atoms with Crippen molar-refractivity contribution in [2.24, 2.45) is 0 Å². The fraction of sp³-hybridized carbons (Fsp3) is 0.357. The van der Waals surface area contributed by atoms with Gasteiger partial charge in [-0.3, -0.25) is 0 Å². The third kappa shape index (κ3) is 4.41. The van der Waals surface area contributed by atoms with Crippen molar-refractivity contribution in [3.8, 4) is 5.75 Å². The zero-order chi connectivity index (χ0) is 13.5. The minimum absolute atomic E-state index is 0.155. The fourth-order valence-corrected chi connectivity index (χ4v) is 1.75. The molecule has 0 heterocycles. The molecule has 0 aliphatic rings. The van der Waals surface area contributed by atoms with E-state index in [0.717, 1.165) is 24.5 Å². The second-order valence-corrected chi connectivity index (χ2v) is 4.32.